The minimum atomic E-state index is -1.08. The maximum atomic E-state index is 8.93. The highest BCUT2D eigenvalue weighted by Gasteiger charge is 2.13. The van der Waals surface area contributed by atoms with Crippen molar-refractivity contribution >= 4 is 0 Å². The molecule has 0 radical (unpaired) electrons. The maximum absolute atomic E-state index is 8.93. The van der Waals surface area contributed by atoms with E-state index in [1.807, 2.05) is 0 Å². The second-order valence-corrected chi connectivity index (χ2v) is 2.18. The van der Waals surface area contributed by atoms with Crippen molar-refractivity contribution in [3.8, 4) is 0 Å². The Balaban J connectivity index is 3.31. The first-order valence-corrected chi connectivity index (χ1v) is 3.30. The van der Waals surface area contributed by atoms with Crippen molar-refractivity contribution < 1.29 is 20.4 Å². The molecule has 0 unspecified atom stereocenters. The summed E-state index contributed by atoms with van der Waals surface area (Å²) in [5.41, 5.74) is 0. The van der Waals surface area contributed by atoms with E-state index in [0.29, 0.717) is 12.8 Å². The molecule has 4 N–H and O–H groups in total. The van der Waals surface area contributed by atoms with Gasteiger partial charge in [-0.1, -0.05) is 0 Å². The van der Waals surface area contributed by atoms with Crippen molar-refractivity contribution in [3.63, 3.8) is 0 Å². The summed E-state index contributed by atoms with van der Waals surface area (Å²) in [7, 11) is 0. The van der Waals surface area contributed by atoms with Crippen LogP contribution in [0.2, 0.25) is 0 Å². The fourth-order valence-corrected chi connectivity index (χ4v) is 0.614. The molecule has 0 heterocycles. The average Bonchev–Trinajstić information content (AvgIpc) is 1.98. The van der Waals surface area contributed by atoms with E-state index < -0.39 is 18.8 Å². The Morgan fingerprint density at radius 3 is 2.00 bits per heavy atom. The van der Waals surface area contributed by atoms with Gasteiger partial charge in [0.25, 0.3) is 0 Å². The summed E-state index contributed by atoms with van der Waals surface area (Å²) in [4.78, 5) is 0. The van der Waals surface area contributed by atoms with Crippen LogP contribution in [0.15, 0.2) is 0 Å². The number of hydrogen-bond donors (Lipinski definition) is 4. The van der Waals surface area contributed by atoms with Crippen molar-refractivity contribution in [2.75, 3.05) is 13.2 Å². The fraction of sp³-hybridized carbons (Fsp3) is 1.00. The van der Waals surface area contributed by atoms with Crippen LogP contribution in [0.1, 0.15) is 12.8 Å². The van der Waals surface area contributed by atoms with Gasteiger partial charge in [-0.05, 0) is 12.8 Å². The van der Waals surface area contributed by atoms with Crippen LogP contribution in [0.4, 0.5) is 0 Å². The summed E-state index contributed by atoms with van der Waals surface area (Å²) in [6.07, 6.45) is -1.24. The monoisotopic (exact) mass is 150 g/mol. The Morgan fingerprint density at radius 1 is 1.00 bits per heavy atom. The Bertz CT molecular complexity index is 76.1. The van der Waals surface area contributed by atoms with Gasteiger partial charge >= 0.3 is 0 Å². The van der Waals surface area contributed by atoms with E-state index in [4.69, 9.17) is 20.4 Å². The first-order valence-electron chi connectivity index (χ1n) is 3.30. The third kappa shape index (κ3) is 3.79. The first-order chi connectivity index (χ1) is 4.72. The molecule has 0 aromatic rings. The lowest BCUT2D eigenvalue weighted by molar-refractivity contribution is -0.0199. The molecule has 0 aliphatic heterocycles. The molecule has 2 atom stereocenters. The highest BCUT2D eigenvalue weighted by molar-refractivity contribution is 4.64. The van der Waals surface area contributed by atoms with Crippen molar-refractivity contribution in [3.05, 3.63) is 0 Å². The predicted octanol–water partition coefficient (Wildman–Crippen LogP) is -1.53. The lowest BCUT2D eigenvalue weighted by atomic mass is 10.1. The molecule has 4 heteroatoms. The van der Waals surface area contributed by atoms with Crippen LogP contribution in [-0.4, -0.2) is 45.8 Å². The van der Waals surface area contributed by atoms with E-state index in [0.717, 1.165) is 0 Å². The second kappa shape index (κ2) is 5.61. The number of rotatable bonds is 5. The summed E-state index contributed by atoms with van der Waals surface area (Å²) in [5, 5.41) is 34.3. The largest absolute Gasteiger partial charge is 0.396 e. The van der Waals surface area contributed by atoms with E-state index in [9.17, 15) is 0 Å². The number of aliphatic hydroxyl groups excluding tert-OH is 4. The summed E-state index contributed by atoms with van der Waals surface area (Å²) in [6, 6.07) is 0. The zero-order valence-corrected chi connectivity index (χ0v) is 5.77. The minimum Gasteiger partial charge on any atom is -0.396 e. The van der Waals surface area contributed by atoms with E-state index >= 15 is 0 Å². The van der Waals surface area contributed by atoms with E-state index in [1.54, 1.807) is 0 Å². The molecule has 0 aliphatic rings. The van der Waals surface area contributed by atoms with Crippen LogP contribution in [0.5, 0.6) is 0 Å². The van der Waals surface area contributed by atoms with Gasteiger partial charge in [0.05, 0.1) is 12.7 Å². The maximum Gasteiger partial charge on any atom is 0.103 e. The van der Waals surface area contributed by atoms with E-state index in [1.165, 1.54) is 0 Å². The van der Waals surface area contributed by atoms with Crippen LogP contribution >= 0.6 is 0 Å². The van der Waals surface area contributed by atoms with Crippen LogP contribution in [0.25, 0.3) is 0 Å². The standard InChI is InChI=1S/C6H14O4/c7-3-1-2-5(9)6(10)4-8/h5-10H,1-4H2/t5-,6-/m0/s1. The summed E-state index contributed by atoms with van der Waals surface area (Å²) in [6.45, 7) is -0.443. The van der Waals surface area contributed by atoms with Crippen molar-refractivity contribution in [1.29, 1.82) is 0 Å². The van der Waals surface area contributed by atoms with Crippen molar-refractivity contribution in [2.24, 2.45) is 0 Å². The molecule has 0 aliphatic carbocycles. The zero-order chi connectivity index (χ0) is 7.98. The third-order valence-corrected chi connectivity index (χ3v) is 1.29. The molecule has 0 aromatic heterocycles. The smallest absolute Gasteiger partial charge is 0.103 e. The lowest BCUT2D eigenvalue weighted by Crippen LogP contribution is -2.29. The molecule has 0 saturated carbocycles. The molecule has 0 bridgehead atoms. The first kappa shape index (κ1) is 9.84. The van der Waals surface area contributed by atoms with E-state index in [2.05, 4.69) is 0 Å². The van der Waals surface area contributed by atoms with Gasteiger partial charge in [0.15, 0.2) is 0 Å². The summed E-state index contributed by atoms with van der Waals surface area (Å²) in [5.74, 6) is 0. The zero-order valence-electron chi connectivity index (χ0n) is 5.77. The van der Waals surface area contributed by atoms with Crippen LogP contribution in [-0.2, 0) is 0 Å². The number of aliphatic hydroxyl groups is 4. The lowest BCUT2D eigenvalue weighted by Gasteiger charge is -2.13. The predicted molar refractivity (Wildman–Crippen MR) is 35.4 cm³/mol. The minimum absolute atomic E-state index is 0.00475. The Hall–Kier alpha value is -0.160. The van der Waals surface area contributed by atoms with Gasteiger partial charge in [-0.15, -0.1) is 0 Å². The molecule has 0 rings (SSSR count). The van der Waals surface area contributed by atoms with Gasteiger partial charge in [-0.25, -0.2) is 0 Å². The Morgan fingerprint density at radius 2 is 1.60 bits per heavy atom. The highest BCUT2D eigenvalue weighted by Crippen LogP contribution is 2.00. The van der Waals surface area contributed by atoms with Gasteiger partial charge in [0.2, 0.25) is 0 Å². The Kier molecular flexibility index (Phi) is 5.52. The van der Waals surface area contributed by atoms with Gasteiger partial charge in [-0.3, -0.25) is 0 Å². The molecule has 0 saturated heterocycles. The molecule has 0 amide bonds. The molecule has 62 valence electrons. The van der Waals surface area contributed by atoms with Crippen LogP contribution < -0.4 is 0 Å². The fourth-order valence-electron chi connectivity index (χ4n) is 0.614. The summed E-state index contributed by atoms with van der Waals surface area (Å²) < 4.78 is 0. The third-order valence-electron chi connectivity index (χ3n) is 1.29. The number of hydrogen-bond acceptors (Lipinski definition) is 4. The SMILES string of the molecule is OCCC[C@H](O)[C@@H](O)CO. The molecule has 0 aromatic carbocycles. The summed E-state index contributed by atoms with van der Waals surface area (Å²) >= 11 is 0. The van der Waals surface area contributed by atoms with Crippen LogP contribution in [0.3, 0.4) is 0 Å². The molecule has 4 nitrogen and oxygen atoms in total. The van der Waals surface area contributed by atoms with Gasteiger partial charge < -0.3 is 20.4 Å². The topological polar surface area (TPSA) is 80.9 Å². The van der Waals surface area contributed by atoms with Gasteiger partial charge in [0.1, 0.15) is 6.10 Å². The van der Waals surface area contributed by atoms with Gasteiger partial charge in [0, 0.05) is 6.61 Å². The van der Waals surface area contributed by atoms with E-state index in [-0.39, 0.29) is 6.61 Å². The van der Waals surface area contributed by atoms with Gasteiger partial charge in [-0.2, -0.15) is 0 Å². The normalized spacial score (nSPS) is 16.8. The van der Waals surface area contributed by atoms with Crippen molar-refractivity contribution in [2.45, 2.75) is 25.0 Å². The quantitative estimate of drug-likeness (QED) is 0.383. The highest BCUT2D eigenvalue weighted by atomic mass is 16.4. The average molecular weight is 150 g/mol. The second-order valence-electron chi connectivity index (χ2n) is 2.18. The molecule has 10 heavy (non-hydrogen) atoms. The molecule has 0 spiro atoms. The molecule has 0 fully saturated rings. The molecular weight excluding hydrogens is 136 g/mol. The van der Waals surface area contributed by atoms with Crippen LogP contribution in [0, 0.1) is 0 Å². The Labute approximate surface area is 59.7 Å². The van der Waals surface area contributed by atoms with Crippen molar-refractivity contribution in [1.82, 2.24) is 0 Å². The molecular formula is C6H14O4.